The fraction of sp³-hybridized carbons (Fsp3) is 0.136. The zero-order valence-electron chi connectivity index (χ0n) is 16.2. The number of hydrogen-bond donors (Lipinski definition) is 1. The summed E-state index contributed by atoms with van der Waals surface area (Å²) >= 11 is 7.69. The number of nitrogens with zero attached hydrogens (tertiary/aromatic N) is 3. The number of amides is 1. The van der Waals surface area contributed by atoms with E-state index < -0.39 is 0 Å². The van der Waals surface area contributed by atoms with Crippen LogP contribution in [-0.4, -0.2) is 26.4 Å². The summed E-state index contributed by atoms with van der Waals surface area (Å²) in [5.41, 5.74) is 2.63. The number of benzene rings is 2. The third kappa shape index (κ3) is 4.75. The van der Waals surface area contributed by atoms with Crippen molar-refractivity contribution in [3.8, 4) is 11.4 Å². The van der Waals surface area contributed by atoms with Crippen molar-refractivity contribution >= 4 is 35.0 Å². The lowest BCUT2D eigenvalue weighted by Gasteiger charge is -2.10. The van der Waals surface area contributed by atoms with Crippen molar-refractivity contribution in [2.75, 3.05) is 11.1 Å². The van der Waals surface area contributed by atoms with Gasteiger partial charge in [-0.25, -0.2) is 0 Å². The molecule has 0 spiro atoms. The largest absolute Gasteiger partial charge is 0.467 e. The van der Waals surface area contributed by atoms with E-state index in [1.807, 2.05) is 72.2 Å². The van der Waals surface area contributed by atoms with Crippen molar-refractivity contribution in [3.63, 3.8) is 0 Å². The van der Waals surface area contributed by atoms with Gasteiger partial charge in [0.15, 0.2) is 11.0 Å². The van der Waals surface area contributed by atoms with Crippen LogP contribution in [0.5, 0.6) is 0 Å². The summed E-state index contributed by atoms with van der Waals surface area (Å²) in [4.78, 5) is 12.4. The molecule has 2 aromatic heterocycles. The lowest BCUT2D eigenvalue weighted by atomic mass is 10.2. The number of hydrogen-bond acceptors (Lipinski definition) is 5. The molecule has 8 heteroatoms. The molecule has 1 amide bonds. The Labute approximate surface area is 183 Å². The number of aromatic nitrogens is 3. The molecule has 1 N–H and O–H groups in total. The Morgan fingerprint density at radius 1 is 1.13 bits per heavy atom. The number of anilines is 1. The minimum atomic E-state index is -0.113. The Bertz CT molecular complexity index is 1160. The number of carbonyl (C=O) groups excluding carboxylic acids is 1. The number of carbonyl (C=O) groups is 1. The maximum atomic E-state index is 12.4. The predicted molar refractivity (Wildman–Crippen MR) is 119 cm³/mol. The highest BCUT2D eigenvalue weighted by Gasteiger charge is 2.18. The van der Waals surface area contributed by atoms with Gasteiger partial charge < -0.3 is 9.73 Å². The molecular weight excluding hydrogens is 420 g/mol. The van der Waals surface area contributed by atoms with Crippen molar-refractivity contribution in [1.29, 1.82) is 0 Å². The van der Waals surface area contributed by atoms with Crippen LogP contribution in [0.15, 0.2) is 76.5 Å². The quantitative estimate of drug-likeness (QED) is 0.397. The molecule has 0 radical (unpaired) electrons. The molecule has 2 aromatic carbocycles. The van der Waals surface area contributed by atoms with Gasteiger partial charge in [0.05, 0.1) is 23.6 Å². The van der Waals surface area contributed by atoms with Gasteiger partial charge in [0.25, 0.3) is 0 Å². The number of aryl methyl sites for hydroxylation is 1. The van der Waals surface area contributed by atoms with Crippen LogP contribution in [0.1, 0.15) is 11.3 Å². The zero-order chi connectivity index (χ0) is 20.9. The minimum Gasteiger partial charge on any atom is -0.467 e. The average molecular weight is 439 g/mol. The van der Waals surface area contributed by atoms with Crippen LogP contribution in [-0.2, 0) is 11.3 Å². The highest BCUT2D eigenvalue weighted by Crippen LogP contribution is 2.30. The van der Waals surface area contributed by atoms with E-state index >= 15 is 0 Å². The normalized spacial score (nSPS) is 10.9. The molecule has 30 heavy (non-hydrogen) atoms. The lowest BCUT2D eigenvalue weighted by Crippen LogP contribution is -2.15. The van der Waals surface area contributed by atoms with Gasteiger partial charge in [-0.1, -0.05) is 47.6 Å². The Kier molecular flexibility index (Phi) is 6.21. The van der Waals surface area contributed by atoms with E-state index in [4.69, 9.17) is 16.0 Å². The van der Waals surface area contributed by atoms with Gasteiger partial charge in [-0.15, -0.1) is 10.2 Å². The van der Waals surface area contributed by atoms with Crippen LogP contribution < -0.4 is 5.32 Å². The van der Waals surface area contributed by atoms with Gasteiger partial charge in [-0.3, -0.25) is 9.36 Å². The fourth-order valence-electron chi connectivity index (χ4n) is 2.99. The Morgan fingerprint density at radius 2 is 2.00 bits per heavy atom. The van der Waals surface area contributed by atoms with Crippen LogP contribution in [0.3, 0.4) is 0 Å². The molecule has 0 saturated heterocycles. The number of nitrogens with one attached hydrogen (secondary N) is 1. The molecule has 4 aromatic rings. The van der Waals surface area contributed by atoms with Crippen LogP contribution in [0, 0.1) is 6.92 Å². The summed E-state index contributed by atoms with van der Waals surface area (Å²) < 4.78 is 7.41. The molecule has 0 aliphatic heterocycles. The van der Waals surface area contributed by atoms with Crippen LogP contribution in [0.25, 0.3) is 11.4 Å². The van der Waals surface area contributed by atoms with Crippen molar-refractivity contribution in [2.45, 2.75) is 18.6 Å². The van der Waals surface area contributed by atoms with Crippen molar-refractivity contribution < 1.29 is 9.21 Å². The zero-order valence-corrected chi connectivity index (χ0v) is 17.8. The van der Waals surface area contributed by atoms with Gasteiger partial charge in [0.1, 0.15) is 5.76 Å². The van der Waals surface area contributed by atoms with E-state index in [1.165, 1.54) is 11.8 Å². The van der Waals surface area contributed by atoms with Crippen LogP contribution in [0.4, 0.5) is 5.69 Å². The first-order valence-electron chi connectivity index (χ1n) is 9.30. The monoisotopic (exact) mass is 438 g/mol. The molecule has 6 nitrogen and oxygen atoms in total. The molecule has 0 aliphatic carbocycles. The predicted octanol–water partition coefficient (Wildman–Crippen LogP) is 5.28. The standard InChI is InChI=1S/C22H19ClN4O2S/c1-15-6-4-7-16(12-15)24-20(28)14-30-22-26-25-21(18-9-2-3-10-19(18)23)27(22)13-17-8-5-11-29-17/h2-12H,13-14H2,1H3,(H,24,28). The van der Waals surface area contributed by atoms with Gasteiger partial charge in [0, 0.05) is 11.3 Å². The summed E-state index contributed by atoms with van der Waals surface area (Å²) in [6.45, 7) is 2.42. The Hall–Kier alpha value is -3.03. The molecule has 0 bridgehead atoms. The molecule has 0 aliphatic rings. The molecule has 0 atom stereocenters. The van der Waals surface area contributed by atoms with E-state index in [0.717, 1.165) is 22.6 Å². The summed E-state index contributed by atoms with van der Waals surface area (Å²) in [6.07, 6.45) is 1.62. The maximum absolute atomic E-state index is 12.4. The second-order valence-corrected chi connectivity index (χ2v) is 8.01. The van der Waals surface area contributed by atoms with E-state index in [2.05, 4.69) is 15.5 Å². The first kappa shape index (κ1) is 20.3. The second kappa shape index (κ2) is 9.19. The topological polar surface area (TPSA) is 73.0 Å². The highest BCUT2D eigenvalue weighted by atomic mass is 35.5. The van der Waals surface area contributed by atoms with E-state index in [9.17, 15) is 4.79 Å². The van der Waals surface area contributed by atoms with Gasteiger partial charge in [-0.2, -0.15) is 0 Å². The lowest BCUT2D eigenvalue weighted by molar-refractivity contribution is -0.113. The van der Waals surface area contributed by atoms with E-state index in [0.29, 0.717) is 22.5 Å². The smallest absolute Gasteiger partial charge is 0.234 e. The molecule has 0 unspecified atom stereocenters. The van der Waals surface area contributed by atoms with E-state index in [1.54, 1.807) is 6.26 Å². The molecular formula is C22H19ClN4O2S. The van der Waals surface area contributed by atoms with Crippen LogP contribution in [0.2, 0.25) is 5.02 Å². The number of rotatable bonds is 7. The fourth-order valence-corrected chi connectivity index (χ4v) is 3.95. The highest BCUT2D eigenvalue weighted by molar-refractivity contribution is 7.99. The third-order valence-corrected chi connectivity index (χ3v) is 5.66. The Morgan fingerprint density at radius 3 is 2.77 bits per heavy atom. The molecule has 0 fully saturated rings. The van der Waals surface area contributed by atoms with Gasteiger partial charge >= 0.3 is 0 Å². The summed E-state index contributed by atoms with van der Waals surface area (Å²) in [7, 11) is 0. The second-order valence-electron chi connectivity index (χ2n) is 6.66. The first-order valence-corrected chi connectivity index (χ1v) is 10.7. The Balaban J connectivity index is 1.55. The van der Waals surface area contributed by atoms with E-state index in [-0.39, 0.29) is 11.7 Å². The first-order chi connectivity index (χ1) is 14.6. The maximum Gasteiger partial charge on any atom is 0.234 e. The molecule has 152 valence electrons. The number of thioether (sulfide) groups is 1. The summed E-state index contributed by atoms with van der Waals surface area (Å²) in [5.74, 6) is 1.47. The minimum absolute atomic E-state index is 0.113. The van der Waals surface area contributed by atoms with Crippen molar-refractivity contribution in [3.05, 3.63) is 83.3 Å². The molecule has 2 heterocycles. The number of furan rings is 1. The molecule has 0 saturated carbocycles. The van der Waals surface area contributed by atoms with Gasteiger partial charge in [0.2, 0.25) is 5.91 Å². The number of halogens is 1. The van der Waals surface area contributed by atoms with Crippen LogP contribution >= 0.6 is 23.4 Å². The third-order valence-electron chi connectivity index (χ3n) is 4.36. The van der Waals surface area contributed by atoms with Crippen molar-refractivity contribution in [2.24, 2.45) is 0 Å². The SMILES string of the molecule is Cc1cccc(NC(=O)CSc2nnc(-c3ccccc3Cl)n2Cc2ccco2)c1. The summed E-state index contributed by atoms with van der Waals surface area (Å²) in [5, 5.41) is 12.7. The van der Waals surface area contributed by atoms with Crippen molar-refractivity contribution in [1.82, 2.24) is 14.8 Å². The molecule has 4 rings (SSSR count). The van der Waals surface area contributed by atoms with Gasteiger partial charge in [-0.05, 0) is 48.9 Å². The summed E-state index contributed by atoms with van der Waals surface area (Å²) in [6, 6.07) is 18.9. The average Bonchev–Trinajstić information content (AvgIpc) is 3.37.